The summed E-state index contributed by atoms with van der Waals surface area (Å²) in [5.74, 6) is 0.718. The molecule has 0 aromatic rings. The Kier molecular flexibility index (Phi) is 12.0. The lowest BCUT2D eigenvalue weighted by molar-refractivity contribution is 0.0768. The average Bonchev–Trinajstić information content (AvgIpc) is 2.64. The van der Waals surface area contributed by atoms with Gasteiger partial charge in [0, 0.05) is 32.6 Å². The van der Waals surface area contributed by atoms with Crippen molar-refractivity contribution in [2.75, 3.05) is 39.1 Å². The zero-order chi connectivity index (χ0) is 20.0. The summed E-state index contributed by atoms with van der Waals surface area (Å²) in [7, 11) is -3.18. The van der Waals surface area contributed by atoms with Crippen LogP contribution in [0.3, 0.4) is 0 Å². The number of aliphatic imine (C=N–C) groups is 1. The fourth-order valence-corrected chi connectivity index (χ4v) is 4.63. The van der Waals surface area contributed by atoms with Crippen molar-refractivity contribution in [2.24, 2.45) is 4.99 Å². The van der Waals surface area contributed by atoms with Gasteiger partial charge in [0.15, 0.2) is 15.8 Å². The van der Waals surface area contributed by atoms with Crippen LogP contribution in [0.4, 0.5) is 0 Å². The van der Waals surface area contributed by atoms with Crippen molar-refractivity contribution in [1.82, 2.24) is 10.6 Å². The van der Waals surface area contributed by atoms with E-state index in [2.05, 4.69) is 22.5 Å². The highest BCUT2D eigenvalue weighted by Crippen LogP contribution is 2.29. The van der Waals surface area contributed by atoms with Crippen molar-refractivity contribution < 1.29 is 13.2 Å². The van der Waals surface area contributed by atoms with Crippen molar-refractivity contribution >= 4 is 15.8 Å². The Bertz CT molecular complexity index is 515. The molecule has 27 heavy (non-hydrogen) atoms. The van der Waals surface area contributed by atoms with Gasteiger partial charge < -0.3 is 15.4 Å². The maximum absolute atomic E-state index is 12.3. The zero-order valence-corrected chi connectivity index (χ0v) is 18.5. The summed E-state index contributed by atoms with van der Waals surface area (Å²) >= 11 is 0. The van der Waals surface area contributed by atoms with Crippen LogP contribution in [-0.2, 0) is 14.6 Å². The summed E-state index contributed by atoms with van der Waals surface area (Å²) in [4.78, 5) is 4.60. The van der Waals surface area contributed by atoms with Crippen LogP contribution in [0.1, 0.15) is 78.1 Å². The van der Waals surface area contributed by atoms with Crippen LogP contribution in [0.5, 0.6) is 0 Å². The molecule has 1 aliphatic heterocycles. The van der Waals surface area contributed by atoms with Gasteiger partial charge in [-0.1, -0.05) is 51.9 Å². The molecule has 1 fully saturated rings. The molecule has 1 rings (SSSR count). The number of hydrogen-bond donors (Lipinski definition) is 2. The molecule has 1 heterocycles. The normalized spacial score (nSPS) is 17.7. The Morgan fingerprint density at radius 2 is 1.56 bits per heavy atom. The van der Waals surface area contributed by atoms with E-state index in [0.717, 1.165) is 25.5 Å². The van der Waals surface area contributed by atoms with Gasteiger partial charge in [-0.2, -0.15) is 0 Å². The Hall–Kier alpha value is -0.820. The first-order valence-corrected chi connectivity index (χ1v) is 12.6. The minimum Gasteiger partial charge on any atom is -0.381 e. The number of hydrogen-bond acceptors (Lipinski definition) is 4. The van der Waals surface area contributed by atoms with E-state index < -0.39 is 14.6 Å². The van der Waals surface area contributed by atoms with Gasteiger partial charge in [-0.15, -0.1) is 0 Å². The third kappa shape index (κ3) is 9.28. The van der Waals surface area contributed by atoms with Crippen LogP contribution in [0.2, 0.25) is 0 Å². The van der Waals surface area contributed by atoms with Gasteiger partial charge in [0.05, 0.1) is 11.3 Å². The number of nitrogens with zero attached hydrogens (tertiary/aromatic N) is 1. The predicted molar refractivity (Wildman–Crippen MR) is 114 cm³/mol. The fourth-order valence-electron chi connectivity index (χ4n) is 3.42. The van der Waals surface area contributed by atoms with Crippen molar-refractivity contribution in [1.29, 1.82) is 0 Å². The first-order chi connectivity index (χ1) is 12.9. The third-order valence-corrected chi connectivity index (χ3v) is 7.49. The van der Waals surface area contributed by atoms with Gasteiger partial charge in [-0.25, -0.2) is 8.42 Å². The molecule has 1 saturated heterocycles. The molecule has 0 aliphatic carbocycles. The molecular formula is C20H41N3O3S. The lowest BCUT2D eigenvalue weighted by Crippen LogP contribution is -2.47. The molecule has 0 amide bonds. The fraction of sp³-hybridized carbons (Fsp3) is 0.950. The lowest BCUT2D eigenvalue weighted by atomic mass is 9.99. The number of sulfone groups is 1. The van der Waals surface area contributed by atoms with E-state index in [4.69, 9.17) is 4.74 Å². The van der Waals surface area contributed by atoms with E-state index in [1.807, 2.05) is 6.92 Å². The maximum atomic E-state index is 12.3. The highest BCUT2D eigenvalue weighted by atomic mass is 32.2. The number of ether oxygens (including phenoxy) is 1. The molecule has 0 spiro atoms. The summed E-state index contributed by atoms with van der Waals surface area (Å²) < 4.78 is 29.3. The van der Waals surface area contributed by atoms with Crippen LogP contribution in [-0.4, -0.2) is 58.2 Å². The van der Waals surface area contributed by atoms with Gasteiger partial charge in [-0.3, -0.25) is 4.99 Å². The quantitative estimate of drug-likeness (QED) is 0.280. The third-order valence-electron chi connectivity index (χ3n) is 5.38. The molecule has 6 nitrogen and oxygen atoms in total. The highest BCUT2D eigenvalue weighted by Gasteiger charge is 2.42. The van der Waals surface area contributed by atoms with Gasteiger partial charge in [-0.05, 0) is 26.2 Å². The molecule has 0 aromatic carbocycles. The van der Waals surface area contributed by atoms with Gasteiger partial charge in [0.1, 0.15) is 0 Å². The minimum atomic E-state index is -3.18. The van der Waals surface area contributed by atoms with Gasteiger partial charge in [0.2, 0.25) is 0 Å². The van der Waals surface area contributed by atoms with Crippen LogP contribution < -0.4 is 10.6 Å². The Morgan fingerprint density at radius 3 is 2.11 bits per heavy atom. The van der Waals surface area contributed by atoms with Crippen molar-refractivity contribution in [3.8, 4) is 0 Å². The van der Waals surface area contributed by atoms with Crippen LogP contribution >= 0.6 is 0 Å². The molecule has 160 valence electrons. The van der Waals surface area contributed by atoms with Crippen molar-refractivity contribution in [3.63, 3.8) is 0 Å². The summed E-state index contributed by atoms with van der Waals surface area (Å²) in [6.45, 7) is 7.18. The van der Waals surface area contributed by atoms with Crippen molar-refractivity contribution in [3.05, 3.63) is 0 Å². The second-order valence-electron chi connectivity index (χ2n) is 7.66. The number of nitrogens with one attached hydrogen (secondary N) is 2. The maximum Gasteiger partial charge on any atom is 0.191 e. The van der Waals surface area contributed by atoms with Gasteiger partial charge >= 0.3 is 0 Å². The van der Waals surface area contributed by atoms with E-state index >= 15 is 0 Å². The summed E-state index contributed by atoms with van der Waals surface area (Å²) in [6, 6.07) is 0. The Morgan fingerprint density at radius 1 is 0.963 bits per heavy atom. The molecular weight excluding hydrogens is 362 g/mol. The smallest absolute Gasteiger partial charge is 0.191 e. The second-order valence-corrected chi connectivity index (χ2v) is 10.1. The van der Waals surface area contributed by atoms with E-state index in [1.165, 1.54) is 51.2 Å². The van der Waals surface area contributed by atoms with Gasteiger partial charge in [0.25, 0.3) is 0 Å². The standard InChI is InChI=1S/C20H41N3O3S/c1-4-6-7-8-9-10-11-12-15-22-19(21-5-2)23-18-20(27(3,24)25)13-16-26-17-14-20/h4-18H2,1-3H3,(H2,21,22,23). The highest BCUT2D eigenvalue weighted by molar-refractivity contribution is 7.92. The summed E-state index contributed by atoms with van der Waals surface area (Å²) in [5.41, 5.74) is 0. The summed E-state index contributed by atoms with van der Waals surface area (Å²) in [6.07, 6.45) is 12.7. The van der Waals surface area contributed by atoms with Crippen LogP contribution in [0, 0.1) is 0 Å². The molecule has 0 bridgehead atoms. The summed E-state index contributed by atoms with van der Waals surface area (Å²) in [5, 5.41) is 6.58. The molecule has 0 radical (unpaired) electrons. The molecule has 0 saturated carbocycles. The largest absolute Gasteiger partial charge is 0.381 e. The molecule has 0 aromatic heterocycles. The number of unbranched alkanes of at least 4 members (excludes halogenated alkanes) is 7. The van der Waals surface area contributed by atoms with Crippen LogP contribution in [0.15, 0.2) is 4.99 Å². The van der Waals surface area contributed by atoms with E-state index in [9.17, 15) is 8.42 Å². The minimum absolute atomic E-state index is 0.294. The van der Waals surface area contributed by atoms with Crippen molar-refractivity contribution in [2.45, 2.75) is 82.8 Å². The number of rotatable bonds is 13. The molecule has 0 unspecified atom stereocenters. The van der Waals surface area contributed by atoms with E-state index in [0.29, 0.717) is 32.6 Å². The zero-order valence-electron chi connectivity index (χ0n) is 17.7. The SMILES string of the molecule is CCCCCCCCCCNC(=NCC1(S(C)(=O)=O)CCOCC1)NCC. The first-order valence-electron chi connectivity index (χ1n) is 10.7. The molecule has 7 heteroatoms. The Labute approximate surface area is 166 Å². The number of guanidine groups is 1. The molecule has 0 atom stereocenters. The molecule has 2 N–H and O–H groups in total. The average molecular weight is 404 g/mol. The monoisotopic (exact) mass is 403 g/mol. The second kappa shape index (κ2) is 13.4. The lowest BCUT2D eigenvalue weighted by Gasteiger charge is -2.34. The predicted octanol–water partition coefficient (Wildman–Crippen LogP) is 3.28. The Balaban J connectivity index is 2.40. The van der Waals surface area contributed by atoms with E-state index in [1.54, 1.807) is 0 Å². The first kappa shape index (κ1) is 24.2. The topological polar surface area (TPSA) is 79.8 Å². The van der Waals surface area contributed by atoms with Crippen LogP contribution in [0.25, 0.3) is 0 Å². The van der Waals surface area contributed by atoms with E-state index in [-0.39, 0.29) is 0 Å². The molecule has 1 aliphatic rings.